The van der Waals surface area contributed by atoms with Gasteiger partial charge in [-0.05, 0) is 49.2 Å². The third kappa shape index (κ3) is 3.65. The van der Waals surface area contributed by atoms with Crippen LogP contribution in [0.1, 0.15) is 16.7 Å². The molecular formula is C15H14Cl2N2O2. The molecule has 2 rings (SSSR count). The van der Waals surface area contributed by atoms with Gasteiger partial charge in [-0.2, -0.15) is 0 Å². The van der Waals surface area contributed by atoms with Crippen LogP contribution in [-0.2, 0) is 6.54 Å². The van der Waals surface area contributed by atoms with Crippen LogP contribution in [0.25, 0.3) is 0 Å². The van der Waals surface area contributed by atoms with Gasteiger partial charge in [0.2, 0.25) is 0 Å². The summed E-state index contributed by atoms with van der Waals surface area (Å²) in [6.45, 7) is 4.07. The van der Waals surface area contributed by atoms with Gasteiger partial charge in [0.25, 0.3) is 5.69 Å². The lowest BCUT2D eigenvalue weighted by atomic mass is 10.1. The molecule has 0 aromatic heterocycles. The third-order valence-corrected chi connectivity index (χ3v) is 3.82. The van der Waals surface area contributed by atoms with E-state index in [0.29, 0.717) is 27.8 Å². The van der Waals surface area contributed by atoms with E-state index in [2.05, 4.69) is 5.32 Å². The van der Waals surface area contributed by atoms with E-state index in [0.717, 1.165) is 11.1 Å². The van der Waals surface area contributed by atoms with Gasteiger partial charge < -0.3 is 5.32 Å². The minimum Gasteiger partial charge on any atom is -0.380 e. The van der Waals surface area contributed by atoms with Gasteiger partial charge in [-0.15, -0.1) is 0 Å². The minimum atomic E-state index is -0.383. The summed E-state index contributed by atoms with van der Waals surface area (Å²) >= 11 is 12.0. The van der Waals surface area contributed by atoms with Crippen molar-refractivity contribution in [3.8, 4) is 0 Å². The molecule has 6 heteroatoms. The molecule has 0 saturated carbocycles. The van der Waals surface area contributed by atoms with Crippen LogP contribution in [0, 0.1) is 24.0 Å². The first-order chi connectivity index (χ1) is 9.88. The summed E-state index contributed by atoms with van der Waals surface area (Å²) < 4.78 is 0. The van der Waals surface area contributed by atoms with Crippen molar-refractivity contribution in [1.82, 2.24) is 0 Å². The predicted octanol–water partition coefficient (Wildman–Crippen LogP) is 5.13. The van der Waals surface area contributed by atoms with Crippen molar-refractivity contribution >= 4 is 34.6 Å². The minimum absolute atomic E-state index is 0.0975. The second-order valence-electron chi connectivity index (χ2n) is 4.80. The van der Waals surface area contributed by atoms with E-state index >= 15 is 0 Å². The highest BCUT2D eigenvalue weighted by Gasteiger charge is 2.13. The van der Waals surface area contributed by atoms with E-state index in [1.54, 1.807) is 37.3 Å². The van der Waals surface area contributed by atoms with E-state index in [-0.39, 0.29) is 10.6 Å². The first-order valence-electron chi connectivity index (χ1n) is 6.32. The number of nitrogens with zero attached hydrogens (tertiary/aromatic N) is 1. The molecule has 0 aliphatic carbocycles. The van der Waals surface area contributed by atoms with Crippen molar-refractivity contribution in [3.63, 3.8) is 0 Å². The Labute approximate surface area is 132 Å². The Morgan fingerprint density at radius 1 is 1.14 bits per heavy atom. The molecule has 0 fully saturated rings. The van der Waals surface area contributed by atoms with E-state index in [1.165, 1.54) is 0 Å². The Kier molecular flexibility index (Phi) is 4.70. The largest absolute Gasteiger partial charge is 0.380 e. The number of nitrogens with one attached hydrogen (secondary N) is 1. The number of hydrogen-bond acceptors (Lipinski definition) is 3. The highest BCUT2D eigenvalue weighted by molar-refractivity contribution is 6.33. The molecule has 0 bridgehead atoms. The van der Waals surface area contributed by atoms with E-state index in [9.17, 15) is 10.1 Å². The first kappa shape index (κ1) is 15.6. The zero-order valence-corrected chi connectivity index (χ0v) is 13.1. The van der Waals surface area contributed by atoms with Gasteiger partial charge in [-0.25, -0.2) is 0 Å². The fourth-order valence-electron chi connectivity index (χ4n) is 2.10. The summed E-state index contributed by atoms with van der Waals surface area (Å²) in [5, 5.41) is 15.4. The summed E-state index contributed by atoms with van der Waals surface area (Å²) in [7, 11) is 0. The second kappa shape index (κ2) is 6.33. The standard InChI is InChI=1S/C15H14Cl2N2O2/c1-9-5-10(2)15(19(20)21)7-14(9)18-8-11-6-12(16)3-4-13(11)17/h3-7,18H,8H2,1-2H3. The first-order valence-corrected chi connectivity index (χ1v) is 7.07. The van der Waals surface area contributed by atoms with Crippen LogP contribution >= 0.6 is 23.2 Å². The maximum Gasteiger partial charge on any atom is 0.274 e. The molecule has 21 heavy (non-hydrogen) atoms. The van der Waals surface area contributed by atoms with Crippen LogP contribution in [-0.4, -0.2) is 4.92 Å². The van der Waals surface area contributed by atoms with Crippen LogP contribution in [0.3, 0.4) is 0 Å². The number of anilines is 1. The van der Waals surface area contributed by atoms with Gasteiger partial charge in [-0.1, -0.05) is 23.2 Å². The van der Waals surface area contributed by atoms with Gasteiger partial charge >= 0.3 is 0 Å². The molecule has 1 N–H and O–H groups in total. The zero-order chi connectivity index (χ0) is 15.6. The number of halogens is 2. The Bertz CT molecular complexity index is 702. The van der Waals surface area contributed by atoms with Gasteiger partial charge in [0, 0.05) is 33.9 Å². The molecule has 0 radical (unpaired) electrons. The molecule has 0 spiro atoms. The van der Waals surface area contributed by atoms with Crippen LogP contribution in [0.4, 0.5) is 11.4 Å². The van der Waals surface area contributed by atoms with Crippen molar-refractivity contribution in [3.05, 3.63) is 67.2 Å². The molecule has 0 amide bonds. The number of nitro benzene ring substituents is 1. The highest BCUT2D eigenvalue weighted by atomic mass is 35.5. The lowest BCUT2D eigenvalue weighted by Crippen LogP contribution is -2.03. The smallest absolute Gasteiger partial charge is 0.274 e. The van der Waals surface area contributed by atoms with Crippen LogP contribution < -0.4 is 5.32 Å². The number of aryl methyl sites for hydroxylation is 2. The fraction of sp³-hybridized carbons (Fsp3) is 0.200. The number of nitro groups is 1. The van der Waals surface area contributed by atoms with E-state index < -0.39 is 0 Å². The molecule has 0 saturated heterocycles. The lowest BCUT2D eigenvalue weighted by molar-refractivity contribution is -0.385. The van der Waals surface area contributed by atoms with E-state index in [1.807, 2.05) is 6.92 Å². The number of hydrogen-bond donors (Lipinski definition) is 1. The molecule has 2 aromatic carbocycles. The molecule has 0 atom stereocenters. The summed E-state index contributed by atoms with van der Waals surface area (Å²) in [6.07, 6.45) is 0. The fourth-order valence-corrected chi connectivity index (χ4v) is 2.48. The number of rotatable bonds is 4. The maximum atomic E-state index is 11.0. The maximum absolute atomic E-state index is 11.0. The molecule has 0 heterocycles. The summed E-state index contributed by atoms with van der Waals surface area (Å²) in [5.41, 5.74) is 3.23. The molecule has 110 valence electrons. The summed E-state index contributed by atoms with van der Waals surface area (Å²) in [6, 6.07) is 8.55. The van der Waals surface area contributed by atoms with Crippen LogP contribution in [0.5, 0.6) is 0 Å². The summed E-state index contributed by atoms with van der Waals surface area (Å²) in [5.74, 6) is 0. The second-order valence-corrected chi connectivity index (χ2v) is 5.64. The van der Waals surface area contributed by atoms with Crippen molar-refractivity contribution in [2.45, 2.75) is 20.4 Å². The third-order valence-electron chi connectivity index (χ3n) is 3.22. The quantitative estimate of drug-likeness (QED) is 0.626. The molecule has 0 aliphatic rings. The van der Waals surface area contributed by atoms with Crippen molar-refractivity contribution in [1.29, 1.82) is 0 Å². The van der Waals surface area contributed by atoms with Crippen molar-refractivity contribution in [2.75, 3.05) is 5.32 Å². The number of benzene rings is 2. The molecule has 2 aromatic rings. The SMILES string of the molecule is Cc1cc(C)c([N+](=O)[O-])cc1NCc1cc(Cl)ccc1Cl. The molecular weight excluding hydrogens is 311 g/mol. The topological polar surface area (TPSA) is 55.2 Å². The Morgan fingerprint density at radius 3 is 2.52 bits per heavy atom. The van der Waals surface area contributed by atoms with Gasteiger partial charge in [0.15, 0.2) is 0 Å². The summed E-state index contributed by atoms with van der Waals surface area (Å²) in [4.78, 5) is 10.6. The normalized spacial score (nSPS) is 10.5. The predicted molar refractivity (Wildman–Crippen MR) is 86.4 cm³/mol. The molecule has 4 nitrogen and oxygen atoms in total. The van der Waals surface area contributed by atoms with E-state index in [4.69, 9.17) is 23.2 Å². The van der Waals surface area contributed by atoms with Crippen molar-refractivity contribution < 1.29 is 4.92 Å². The van der Waals surface area contributed by atoms with Crippen LogP contribution in [0.15, 0.2) is 30.3 Å². The van der Waals surface area contributed by atoms with Gasteiger partial charge in [0.05, 0.1) is 4.92 Å². The molecule has 0 aliphatic heterocycles. The average Bonchev–Trinajstić information content (AvgIpc) is 2.41. The van der Waals surface area contributed by atoms with Gasteiger partial charge in [0.1, 0.15) is 0 Å². The Balaban J connectivity index is 2.25. The Morgan fingerprint density at radius 2 is 1.86 bits per heavy atom. The zero-order valence-electron chi connectivity index (χ0n) is 11.6. The van der Waals surface area contributed by atoms with Crippen molar-refractivity contribution in [2.24, 2.45) is 0 Å². The highest BCUT2D eigenvalue weighted by Crippen LogP contribution is 2.28. The van der Waals surface area contributed by atoms with Crippen LogP contribution in [0.2, 0.25) is 10.0 Å². The Hall–Kier alpha value is -1.78. The molecule has 0 unspecified atom stereocenters. The average molecular weight is 325 g/mol. The monoisotopic (exact) mass is 324 g/mol. The van der Waals surface area contributed by atoms with Gasteiger partial charge in [-0.3, -0.25) is 10.1 Å². The lowest BCUT2D eigenvalue weighted by Gasteiger charge is -2.12.